The number of nitrogens with one attached hydrogen (secondary N) is 1. The summed E-state index contributed by atoms with van der Waals surface area (Å²) in [6.07, 6.45) is 5.52. The van der Waals surface area contributed by atoms with E-state index in [1.54, 1.807) is 6.07 Å². The minimum atomic E-state index is -0.609. The van der Waals surface area contributed by atoms with Crippen LogP contribution in [0, 0.1) is 16.3 Å². The fraction of sp³-hybridized carbons (Fsp3) is 0.350. The molecule has 3 rings (SSSR count). The van der Waals surface area contributed by atoms with E-state index < -0.39 is 11.7 Å². The third-order valence-electron chi connectivity index (χ3n) is 4.89. The maximum atomic E-state index is 14.2. The largest absolute Gasteiger partial charge is 0.366 e. The molecule has 0 atom stereocenters. The molecular formula is C20H22FIN2O. The number of hydrogen-bond donors (Lipinski definition) is 2. The Morgan fingerprint density at radius 3 is 2.56 bits per heavy atom. The maximum Gasteiger partial charge on any atom is 0.250 e. The zero-order valence-corrected chi connectivity index (χ0v) is 16.4. The molecule has 2 aromatic carbocycles. The third kappa shape index (κ3) is 4.14. The number of hydrogen-bond acceptors (Lipinski definition) is 2. The number of aryl methyl sites for hydroxylation is 1. The van der Waals surface area contributed by atoms with E-state index in [9.17, 15) is 9.18 Å². The van der Waals surface area contributed by atoms with E-state index in [0.29, 0.717) is 5.69 Å². The Hall–Kier alpha value is -1.63. The highest BCUT2D eigenvalue weighted by Gasteiger charge is 2.23. The van der Waals surface area contributed by atoms with Crippen LogP contribution in [0.15, 0.2) is 30.3 Å². The average molecular weight is 452 g/mol. The van der Waals surface area contributed by atoms with Gasteiger partial charge in [-0.15, -0.1) is 0 Å². The Kier molecular flexibility index (Phi) is 5.61. The van der Waals surface area contributed by atoms with E-state index in [0.717, 1.165) is 46.1 Å². The van der Waals surface area contributed by atoms with Gasteiger partial charge in [0.25, 0.3) is 5.91 Å². The molecule has 1 aliphatic rings. The fourth-order valence-electron chi connectivity index (χ4n) is 3.60. The highest BCUT2D eigenvalue weighted by molar-refractivity contribution is 14.1. The van der Waals surface area contributed by atoms with E-state index in [4.69, 9.17) is 5.73 Å². The van der Waals surface area contributed by atoms with Gasteiger partial charge in [0.05, 0.1) is 11.3 Å². The topological polar surface area (TPSA) is 55.1 Å². The van der Waals surface area contributed by atoms with Gasteiger partial charge in [-0.25, -0.2) is 4.39 Å². The van der Waals surface area contributed by atoms with Crippen LogP contribution in [0.3, 0.4) is 0 Å². The van der Waals surface area contributed by atoms with Crippen molar-refractivity contribution in [3.05, 3.63) is 56.4 Å². The van der Waals surface area contributed by atoms with E-state index in [-0.39, 0.29) is 11.5 Å². The van der Waals surface area contributed by atoms with Gasteiger partial charge in [-0.05, 0) is 89.7 Å². The first-order chi connectivity index (χ1) is 12.0. The Balaban J connectivity index is 2.09. The van der Waals surface area contributed by atoms with Gasteiger partial charge in [0.1, 0.15) is 5.82 Å². The summed E-state index contributed by atoms with van der Waals surface area (Å²) in [6, 6.07) is 8.85. The number of rotatable bonds is 4. The molecule has 0 aromatic heterocycles. The molecule has 3 N–H and O–H groups in total. The van der Waals surface area contributed by atoms with Crippen LogP contribution in [0.1, 0.15) is 59.5 Å². The quantitative estimate of drug-likeness (QED) is 0.591. The van der Waals surface area contributed by atoms with Crippen molar-refractivity contribution in [2.75, 3.05) is 5.32 Å². The van der Waals surface area contributed by atoms with Crippen LogP contribution in [0.25, 0.3) is 0 Å². The summed E-state index contributed by atoms with van der Waals surface area (Å²) < 4.78 is 15.3. The van der Waals surface area contributed by atoms with Crippen molar-refractivity contribution in [3.63, 3.8) is 0 Å². The molecule has 2 aromatic rings. The van der Waals surface area contributed by atoms with Crippen molar-refractivity contribution < 1.29 is 9.18 Å². The zero-order chi connectivity index (χ0) is 18.0. The molecule has 0 radical (unpaired) electrons. The highest BCUT2D eigenvalue weighted by Crippen LogP contribution is 2.40. The van der Waals surface area contributed by atoms with Crippen LogP contribution >= 0.6 is 22.6 Å². The number of primary amides is 1. The first kappa shape index (κ1) is 18.2. The van der Waals surface area contributed by atoms with Gasteiger partial charge >= 0.3 is 0 Å². The molecule has 1 fully saturated rings. The minimum Gasteiger partial charge on any atom is -0.366 e. The normalized spacial score (nSPS) is 15.2. The molecule has 1 saturated carbocycles. The van der Waals surface area contributed by atoms with Crippen molar-refractivity contribution in [1.29, 1.82) is 0 Å². The fourth-order valence-corrected chi connectivity index (χ4v) is 4.25. The number of amides is 1. The standard InChI is InChI=1S/C20H22FIN2O/c1-12-9-15(22)7-8-18(12)24-19-16(13-5-3-2-4-6-13)10-14(21)11-17(19)20(23)25/h7-11,13,24H,2-6H2,1H3,(H2,23,25). The molecule has 1 aliphatic carbocycles. The summed E-state index contributed by atoms with van der Waals surface area (Å²) in [5.74, 6) is -0.754. The predicted molar refractivity (Wildman–Crippen MR) is 108 cm³/mol. The molecule has 0 aliphatic heterocycles. The van der Waals surface area contributed by atoms with E-state index in [1.807, 2.05) is 19.1 Å². The smallest absolute Gasteiger partial charge is 0.250 e. The molecule has 0 unspecified atom stereocenters. The molecule has 0 heterocycles. The summed E-state index contributed by atoms with van der Waals surface area (Å²) in [5, 5.41) is 3.37. The van der Waals surface area contributed by atoms with Crippen LogP contribution in [0.5, 0.6) is 0 Å². The van der Waals surface area contributed by atoms with Gasteiger partial charge in [0.2, 0.25) is 0 Å². The monoisotopic (exact) mass is 452 g/mol. The third-order valence-corrected chi connectivity index (χ3v) is 5.56. The first-order valence-electron chi connectivity index (χ1n) is 8.62. The summed E-state index contributed by atoms with van der Waals surface area (Å²) in [4.78, 5) is 12.0. The number of halogens is 2. The molecule has 0 saturated heterocycles. The second kappa shape index (κ2) is 7.72. The Morgan fingerprint density at radius 1 is 1.20 bits per heavy atom. The van der Waals surface area contributed by atoms with E-state index in [2.05, 4.69) is 34.0 Å². The van der Waals surface area contributed by atoms with Crippen molar-refractivity contribution in [2.24, 2.45) is 5.73 Å². The second-order valence-electron chi connectivity index (χ2n) is 6.70. The van der Waals surface area contributed by atoms with Gasteiger partial charge < -0.3 is 11.1 Å². The zero-order valence-electron chi connectivity index (χ0n) is 14.2. The van der Waals surface area contributed by atoms with E-state index >= 15 is 0 Å². The van der Waals surface area contributed by atoms with Crippen LogP contribution in [0.2, 0.25) is 0 Å². The van der Waals surface area contributed by atoms with Crippen LogP contribution in [-0.4, -0.2) is 5.91 Å². The van der Waals surface area contributed by atoms with Gasteiger partial charge in [-0.2, -0.15) is 0 Å². The Labute approximate surface area is 161 Å². The van der Waals surface area contributed by atoms with Crippen LogP contribution in [-0.2, 0) is 0 Å². The second-order valence-corrected chi connectivity index (χ2v) is 7.95. The lowest BCUT2D eigenvalue weighted by atomic mass is 9.82. The van der Waals surface area contributed by atoms with Crippen LogP contribution in [0.4, 0.5) is 15.8 Å². The molecule has 1 amide bonds. The van der Waals surface area contributed by atoms with Crippen molar-refractivity contribution in [1.82, 2.24) is 0 Å². The van der Waals surface area contributed by atoms with Crippen molar-refractivity contribution in [2.45, 2.75) is 44.9 Å². The summed E-state index contributed by atoms with van der Waals surface area (Å²) in [7, 11) is 0. The molecule has 25 heavy (non-hydrogen) atoms. The lowest BCUT2D eigenvalue weighted by Crippen LogP contribution is -2.17. The molecule has 3 nitrogen and oxygen atoms in total. The minimum absolute atomic E-state index is 0.221. The molecule has 0 spiro atoms. The van der Waals surface area contributed by atoms with Crippen LogP contribution < -0.4 is 11.1 Å². The van der Waals surface area contributed by atoms with Crippen molar-refractivity contribution in [3.8, 4) is 0 Å². The number of benzene rings is 2. The molecule has 132 valence electrons. The van der Waals surface area contributed by atoms with Gasteiger partial charge in [-0.1, -0.05) is 19.3 Å². The van der Waals surface area contributed by atoms with E-state index in [1.165, 1.54) is 12.5 Å². The summed E-state index contributed by atoms with van der Waals surface area (Å²) in [5.41, 5.74) is 9.28. The average Bonchev–Trinajstić information content (AvgIpc) is 2.58. The predicted octanol–water partition coefficient (Wildman–Crippen LogP) is 5.63. The number of nitrogens with two attached hydrogens (primary N) is 1. The Bertz CT molecular complexity index is 801. The summed E-state index contributed by atoms with van der Waals surface area (Å²) >= 11 is 2.27. The first-order valence-corrected chi connectivity index (χ1v) is 9.70. The van der Waals surface area contributed by atoms with Gasteiger partial charge in [0.15, 0.2) is 0 Å². The highest BCUT2D eigenvalue weighted by atomic mass is 127. The SMILES string of the molecule is Cc1cc(I)ccc1Nc1c(C(N)=O)cc(F)cc1C1CCCCC1. The lowest BCUT2D eigenvalue weighted by molar-refractivity contribution is 0.100. The molecule has 5 heteroatoms. The maximum absolute atomic E-state index is 14.2. The molecular weight excluding hydrogens is 430 g/mol. The van der Waals surface area contributed by atoms with Crippen molar-refractivity contribution >= 4 is 39.9 Å². The number of anilines is 2. The van der Waals surface area contributed by atoms with Gasteiger partial charge in [0, 0.05) is 9.26 Å². The van der Waals surface area contributed by atoms with Gasteiger partial charge in [-0.3, -0.25) is 4.79 Å². The molecule has 0 bridgehead atoms. The Morgan fingerprint density at radius 2 is 1.92 bits per heavy atom. The number of carbonyl (C=O) groups excluding carboxylic acids is 1. The lowest BCUT2D eigenvalue weighted by Gasteiger charge is -2.26. The summed E-state index contributed by atoms with van der Waals surface area (Å²) in [6.45, 7) is 2.01. The number of carbonyl (C=O) groups is 1.